The molecule has 0 spiro atoms. The number of hydrogen-bond acceptors (Lipinski definition) is 5. The lowest BCUT2D eigenvalue weighted by atomic mass is 10.1. The van der Waals surface area contributed by atoms with Crippen molar-refractivity contribution in [2.24, 2.45) is 0 Å². The zero-order valence-electron chi connectivity index (χ0n) is 16.7. The number of nitrogens with one attached hydrogen (secondary N) is 1. The number of carbonyl (C=O) groups excluding carboxylic acids is 1. The quantitative estimate of drug-likeness (QED) is 0.561. The Labute approximate surface area is 173 Å². The predicted molar refractivity (Wildman–Crippen MR) is 114 cm³/mol. The van der Waals surface area contributed by atoms with Crippen LogP contribution in [0.4, 0.5) is 5.69 Å². The summed E-state index contributed by atoms with van der Waals surface area (Å²) in [6.07, 6.45) is 0. The zero-order valence-corrected chi connectivity index (χ0v) is 16.7. The molecule has 1 aromatic heterocycles. The van der Waals surface area contributed by atoms with Gasteiger partial charge in [-0.1, -0.05) is 17.7 Å². The van der Waals surface area contributed by atoms with Gasteiger partial charge in [-0.2, -0.15) is 4.80 Å². The van der Waals surface area contributed by atoms with Crippen LogP contribution in [0.5, 0.6) is 11.5 Å². The molecule has 1 amide bonds. The first-order valence-corrected chi connectivity index (χ1v) is 9.72. The number of aromatic nitrogens is 3. The van der Waals surface area contributed by atoms with Crippen molar-refractivity contribution >= 4 is 22.6 Å². The number of aryl methyl sites for hydroxylation is 2. The van der Waals surface area contributed by atoms with E-state index in [1.54, 1.807) is 23.0 Å². The Bertz CT molecular complexity index is 1260. The van der Waals surface area contributed by atoms with Gasteiger partial charge in [0.1, 0.15) is 24.2 Å². The molecule has 1 N–H and O–H groups in total. The molecule has 0 bridgehead atoms. The van der Waals surface area contributed by atoms with Crippen molar-refractivity contribution in [3.8, 4) is 17.2 Å². The Morgan fingerprint density at radius 2 is 1.60 bits per heavy atom. The Morgan fingerprint density at radius 3 is 2.37 bits per heavy atom. The molecule has 3 aromatic carbocycles. The number of rotatable bonds is 3. The maximum Gasteiger partial charge on any atom is 0.255 e. The number of benzene rings is 3. The number of fused-ring (bicyclic) bond motifs is 2. The summed E-state index contributed by atoms with van der Waals surface area (Å²) in [6, 6.07) is 16.9. The fraction of sp³-hybridized carbons (Fsp3) is 0.174. The van der Waals surface area contributed by atoms with Crippen molar-refractivity contribution in [3.63, 3.8) is 0 Å². The standard InChI is InChI=1S/C23H20N4O3/c1-14-3-6-17(7-4-14)27-25-19-11-15(2)18(13-20(19)26-27)24-23(28)16-5-8-21-22(12-16)30-10-9-29-21/h3-8,11-13H,9-10H2,1-2H3,(H,24,28). The smallest absolute Gasteiger partial charge is 0.255 e. The Balaban J connectivity index is 1.43. The molecule has 1 aliphatic rings. The second-order valence-corrected chi connectivity index (χ2v) is 7.29. The summed E-state index contributed by atoms with van der Waals surface area (Å²) >= 11 is 0. The van der Waals surface area contributed by atoms with E-state index in [2.05, 4.69) is 15.5 Å². The highest BCUT2D eigenvalue weighted by Gasteiger charge is 2.16. The third kappa shape index (κ3) is 3.34. The van der Waals surface area contributed by atoms with E-state index in [0.717, 1.165) is 16.8 Å². The average molecular weight is 400 g/mol. The molecule has 1 aliphatic heterocycles. The lowest BCUT2D eigenvalue weighted by molar-refractivity contribution is 0.102. The van der Waals surface area contributed by atoms with Crippen molar-refractivity contribution in [1.29, 1.82) is 0 Å². The normalized spacial score (nSPS) is 12.7. The number of hydrogen-bond donors (Lipinski definition) is 1. The third-order valence-electron chi connectivity index (χ3n) is 5.04. The lowest BCUT2D eigenvalue weighted by Gasteiger charge is -2.18. The lowest BCUT2D eigenvalue weighted by Crippen LogP contribution is -2.17. The van der Waals surface area contributed by atoms with Gasteiger partial charge in [-0.15, -0.1) is 10.2 Å². The Morgan fingerprint density at radius 1 is 0.900 bits per heavy atom. The molecule has 0 atom stereocenters. The molecule has 7 nitrogen and oxygen atoms in total. The fourth-order valence-corrected chi connectivity index (χ4v) is 3.38. The Hall–Kier alpha value is -3.87. The molecule has 150 valence electrons. The molecule has 7 heteroatoms. The topological polar surface area (TPSA) is 78.3 Å². The van der Waals surface area contributed by atoms with Gasteiger partial charge in [-0.05, 0) is 61.9 Å². The van der Waals surface area contributed by atoms with Crippen LogP contribution in [0.15, 0.2) is 54.6 Å². The van der Waals surface area contributed by atoms with E-state index < -0.39 is 0 Å². The van der Waals surface area contributed by atoms with Crippen LogP contribution < -0.4 is 14.8 Å². The van der Waals surface area contributed by atoms with E-state index in [1.807, 2.05) is 50.2 Å². The number of nitrogens with zero attached hydrogens (tertiary/aromatic N) is 3. The summed E-state index contributed by atoms with van der Waals surface area (Å²) in [7, 11) is 0. The van der Waals surface area contributed by atoms with Gasteiger partial charge in [0.05, 0.1) is 5.69 Å². The van der Waals surface area contributed by atoms with E-state index in [1.165, 1.54) is 5.56 Å². The number of amides is 1. The van der Waals surface area contributed by atoms with Crippen molar-refractivity contribution in [1.82, 2.24) is 15.0 Å². The minimum Gasteiger partial charge on any atom is -0.486 e. The highest BCUT2D eigenvalue weighted by atomic mass is 16.6. The van der Waals surface area contributed by atoms with Crippen LogP contribution in [0.25, 0.3) is 16.7 Å². The highest BCUT2D eigenvalue weighted by molar-refractivity contribution is 6.05. The predicted octanol–water partition coefficient (Wildman–Crippen LogP) is 4.06. The molecule has 5 rings (SSSR count). The third-order valence-corrected chi connectivity index (χ3v) is 5.04. The van der Waals surface area contributed by atoms with Crippen molar-refractivity contribution in [3.05, 3.63) is 71.3 Å². The molecule has 0 fully saturated rings. The summed E-state index contributed by atoms with van der Waals surface area (Å²) in [6.45, 7) is 4.96. The molecule has 0 aliphatic carbocycles. The Kier molecular flexibility index (Phi) is 4.35. The van der Waals surface area contributed by atoms with Gasteiger partial charge in [0.15, 0.2) is 11.5 Å². The summed E-state index contributed by atoms with van der Waals surface area (Å²) in [5.74, 6) is 1.02. The monoisotopic (exact) mass is 400 g/mol. The van der Waals surface area contributed by atoms with Gasteiger partial charge in [0.25, 0.3) is 5.91 Å². The first-order valence-electron chi connectivity index (χ1n) is 9.72. The molecular formula is C23H20N4O3. The molecule has 0 radical (unpaired) electrons. The maximum atomic E-state index is 12.8. The van der Waals surface area contributed by atoms with Crippen LogP contribution >= 0.6 is 0 Å². The SMILES string of the molecule is Cc1ccc(-n2nc3cc(C)c(NC(=O)c4ccc5c(c4)OCCO5)cc3n2)cc1. The number of carbonyl (C=O) groups is 1. The zero-order chi connectivity index (χ0) is 20.7. The van der Waals surface area contributed by atoms with E-state index in [-0.39, 0.29) is 5.91 Å². The van der Waals surface area contributed by atoms with Crippen LogP contribution in [0.1, 0.15) is 21.5 Å². The number of anilines is 1. The van der Waals surface area contributed by atoms with Gasteiger partial charge in [-0.3, -0.25) is 4.79 Å². The van der Waals surface area contributed by atoms with E-state index in [0.29, 0.717) is 41.5 Å². The molecule has 2 heterocycles. The fourth-order valence-electron chi connectivity index (χ4n) is 3.38. The molecule has 30 heavy (non-hydrogen) atoms. The minimum absolute atomic E-state index is 0.222. The summed E-state index contributed by atoms with van der Waals surface area (Å²) in [4.78, 5) is 14.4. The van der Waals surface area contributed by atoms with Crippen LogP contribution in [0.3, 0.4) is 0 Å². The van der Waals surface area contributed by atoms with Crippen molar-refractivity contribution in [2.75, 3.05) is 18.5 Å². The van der Waals surface area contributed by atoms with Crippen molar-refractivity contribution < 1.29 is 14.3 Å². The molecule has 0 saturated heterocycles. The van der Waals surface area contributed by atoms with Crippen LogP contribution in [0, 0.1) is 13.8 Å². The summed E-state index contributed by atoms with van der Waals surface area (Å²) in [5.41, 5.74) is 5.64. The summed E-state index contributed by atoms with van der Waals surface area (Å²) < 4.78 is 11.1. The van der Waals surface area contributed by atoms with Crippen LogP contribution in [-0.4, -0.2) is 34.1 Å². The van der Waals surface area contributed by atoms with Gasteiger partial charge in [0, 0.05) is 11.3 Å². The van der Waals surface area contributed by atoms with E-state index in [9.17, 15) is 4.79 Å². The molecule has 0 saturated carbocycles. The maximum absolute atomic E-state index is 12.8. The van der Waals surface area contributed by atoms with Gasteiger partial charge < -0.3 is 14.8 Å². The average Bonchev–Trinajstić information content (AvgIpc) is 3.16. The largest absolute Gasteiger partial charge is 0.486 e. The minimum atomic E-state index is -0.222. The van der Waals surface area contributed by atoms with Gasteiger partial charge in [0.2, 0.25) is 0 Å². The number of ether oxygens (including phenoxy) is 2. The first-order chi connectivity index (χ1) is 14.6. The molecule has 0 unspecified atom stereocenters. The van der Waals surface area contributed by atoms with Gasteiger partial charge >= 0.3 is 0 Å². The summed E-state index contributed by atoms with van der Waals surface area (Å²) in [5, 5.41) is 12.1. The van der Waals surface area contributed by atoms with Crippen LogP contribution in [0.2, 0.25) is 0 Å². The highest BCUT2D eigenvalue weighted by Crippen LogP contribution is 2.31. The van der Waals surface area contributed by atoms with Crippen LogP contribution in [-0.2, 0) is 0 Å². The molecule has 4 aromatic rings. The molecular weight excluding hydrogens is 380 g/mol. The second kappa shape index (κ2) is 7.18. The van der Waals surface area contributed by atoms with E-state index in [4.69, 9.17) is 9.47 Å². The van der Waals surface area contributed by atoms with Gasteiger partial charge in [-0.25, -0.2) is 0 Å². The first kappa shape index (κ1) is 18.2. The van der Waals surface area contributed by atoms with Crippen molar-refractivity contribution in [2.45, 2.75) is 13.8 Å². The second-order valence-electron chi connectivity index (χ2n) is 7.29. The van der Waals surface area contributed by atoms with E-state index >= 15 is 0 Å².